The molecule has 1 aromatic carbocycles. The number of aliphatic imine (C=N–C) groups is 1. The second-order valence-electron chi connectivity index (χ2n) is 5.98. The van der Waals surface area contributed by atoms with Crippen molar-refractivity contribution in [3.8, 4) is 0 Å². The lowest BCUT2D eigenvalue weighted by molar-refractivity contribution is -0.127. The van der Waals surface area contributed by atoms with Crippen molar-refractivity contribution in [1.82, 2.24) is 15.5 Å². The minimum atomic E-state index is -0.221. The van der Waals surface area contributed by atoms with Crippen LogP contribution in [-0.2, 0) is 17.6 Å². The van der Waals surface area contributed by atoms with Gasteiger partial charge in [-0.1, -0.05) is 18.2 Å². The molecule has 0 unspecified atom stereocenters. The van der Waals surface area contributed by atoms with Crippen molar-refractivity contribution in [3.63, 3.8) is 0 Å². The van der Waals surface area contributed by atoms with Gasteiger partial charge in [0.1, 0.15) is 18.1 Å². The first-order valence-corrected chi connectivity index (χ1v) is 8.54. The highest BCUT2D eigenvalue weighted by atomic mass is 127. The topological polar surface area (TPSA) is 69.9 Å². The summed E-state index contributed by atoms with van der Waals surface area (Å²) in [5.41, 5.74) is 0.638. The number of carbonyl (C=O) groups excluding carboxylic acids is 1. The van der Waals surface area contributed by atoms with Gasteiger partial charge in [0.05, 0.1) is 6.26 Å². The number of furan rings is 1. The molecule has 0 fully saturated rings. The maximum absolute atomic E-state index is 13.7. The van der Waals surface area contributed by atoms with Gasteiger partial charge in [-0.3, -0.25) is 4.79 Å². The fourth-order valence-corrected chi connectivity index (χ4v) is 2.24. The molecule has 2 aromatic rings. The average Bonchev–Trinajstić information content (AvgIpc) is 3.13. The van der Waals surface area contributed by atoms with E-state index in [1.165, 1.54) is 11.0 Å². The van der Waals surface area contributed by atoms with Crippen LogP contribution < -0.4 is 10.6 Å². The van der Waals surface area contributed by atoms with Gasteiger partial charge in [0.25, 0.3) is 0 Å². The summed E-state index contributed by atoms with van der Waals surface area (Å²) < 4.78 is 19.0. The maximum Gasteiger partial charge on any atom is 0.243 e. The van der Waals surface area contributed by atoms with Crippen molar-refractivity contribution < 1.29 is 13.6 Å². The monoisotopic (exact) mass is 488 g/mol. The highest BCUT2D eigenvalue weighted by Gasteiger charge is 2.06. The van der Waals surface area contributed by atoms with E-state index in [-0.39, 0.29) is 42.2 Å². The van der Waals surface area contributed by atoms with Gasteiger partial charge in [0.15, 0.2) is 5.96 Å². The SMILES string of the molecule is CN(C)C(=O)CN=C(NCCc1ccco1)NCCc1ccccc1F.I. The third kappa shape index (κ3) is 8.42. The normalized spacial score (nSPS) is 10.9. The molecule has 2 rings (SSSR count). The Morgan fingerprint density at radius 2 is 1.81 bits per heavy atom. The van der Waals surface area contributed by atoms with Crippen LogP contribution in [0.25, 0.3) is 0 Å². The van der Waals surface area contributed by atoms with Gasteiger partial charge in [-0.25, -0.2) is 9.38 Å². The van der Waals surface area contributed by atoms with E-state index in [1.807, 2.05) is 18.2 Å². The van der Waals surface area contributed by atoms with Crippen LogP contribution in [0.4, 0.5) is 4.39 Å². The van der Waals surface area contributed by atoms with Gasteiger partial charge < -0.3 is 20.0 Å². The largest absolute Gasteiger partial charge is 0.469 e. The van der Waals surface area contributed by atoms with Gasteiger partial charge in [-0.15, -0.1) is 24.0 Å². The lowest BCUT2D eigenvalue weighted by Crippen LogP contribution is -2.40. The molecule has 1 amide bonds. The number of halogens is 2. The number of nitrogens with zero attached hydrogens (tertiary/aromatic N) is 2. The Bertz CT molecular complexity index is 720. The van der Waals surface area contributed by atoms with E-state index < -0.39 is 0 Å². The van der Waals surface area contributed by atoms with Crippen molar-refractivity contribution in [3.05, 3.63) is 59.8 Å². The summed E-state index contributed by atoms with van der Waals surface area (Å²) >= 11 is 0. The molecule has 6 nitrogen and oxygen atoms in total. The lowest BCUT2D eigenvalue weighted by atomic mass is 10.1. The molecule has 0 aliphatic rings. The maximum atomic E-state index is 13.7. The van der Waals surface area contributed by atoms with Gasteiger partial charge in [0, 0.05) is 33.6 Å². The summed E-state index contributed by atoms with van der Waals surface area (Å²) in [6.07, 6.45) is 2.85. The summed E-state index contributed by atoms with van der Waals surface area (Å²) in [6, 6.07) is 10.4. The van der Waals surface area contributed by atoms with Gasteiger partial charge >= 0.3 is 0 Å². The number of hydrogen-bond acceptors (Lipinski definition) is 3. The average molecular weight is 488 g/mol. The van der Waals surface area contributed by atoms with Crippen LogP contribution in [0.1, 0.15) is 11.3 Å². The van der Waals surface area contributed by atoms with Crippen LogP contribution in [0.5, 0.6) is 0 Å². The minimum Gasteiger partial charge on any atom is -0.469 e. The molecule has 0 radical (unpaired) electrons. The van der Waals surface area contributed by atoms with Crippen LogP contribution in [-0.4, -0.2) is 50.5 Å². The first-order chi connectivity index (χ1) is 12.6. The number of guanidine groups is 1. The van der Waals surface area contributed by atoms with Crippen LogP contribution in [0.3, 0.4) is 0 Å². The standard InChI is InChI=1S/C19H25FN4O2.HI/c1-24(2)18(25)14-23-19(22-12-10-16-7-5-13-26-16)21-11-9-15-6-3-4-8-17(15)20;/h3-8,13H,9-12,14H2,1-2H3,(H2,21,22,23);1H. The molecule has 0 aliphatic heterocycles. The Labute approximate surface area is 176 Å². The van der Waals surface area contributed by atoms with E-state index in [9.17, 15) is 9.18 Å². The quantitative estimate of drug-likeness (QED) is 0.341. The molecule has 0 saturated carbocycles. The molecule has 1 aromatic heterocycles. The molecule has 0 aliphatic carbocycles. The number of likely N-dealkylation sites (N-methyl/N-ethyl adjacent to an activating group) is 1. The smallest absolute Gasteiger partial charge is 0.243 e. The summed E-state index contributed by atoms with van der Waals surface area (Å²) in [4.78, 5) is 17.5. The van der Waals surface area contributed by atoms with Gasteiger partial charge in [-0.05, 0) is 30.2 Å². The second-order valence-corrected chi connectivity index (χ2v) is 5.98. The highest BCUT2D eigenvalue weighted by molar-refractivity contribution is 14.0. The highest BCUT2D eigenvalue weighted by Crippen LogP contribution is 2.06. The lowest BCUT2D eigenvalue weighted by Gasteiger charge is -2.13. The molecular weight excluding hydrogens is 462 g/mol. The summed E-state index contributed by atoms with van der Waals surface area (Å²) in [5.74, 6) is 1.07. The number of carbonyl (C=O) groups is 1. The molecule has 27 heavy (non-hydrogen) atoms. The molecular formula is C19H26FIN4O2. The zero-order chi connectivity index (χ0) is 18.8. The third-order valence-corrected chi connectivity index (χ3v) is 3.76. The number of benzene rings is 1. The molecule has 0 saturated heterocycles. The fourth-order valence-electron chi connectivity index (χ4n) is 2.24. The predicted molar refractivity (Wildman–Crippen MR) is 115 cm³/mol. The molecule has 0 atom stereocenters. The van der Waals surface area contributed by atoms with E-state index in [0.717, 1.165) is 5.76 Å². The van der Waals surface area contributed by atoms with Crippen molar-refractivity contribution in [2.45, 2.75) is 12.8 Å². The first kappa shape index (κ1) is 22.9. The third-order valence-electron chi connectivity index (χ3n) is 3.76. The minimum absolute atomic E-state index is 0. The van der Waals surface area contributed by atoms with Crippen LogP contribution >= 0.6 is 24.0 Å². The van der Waals surface area contributed by atoms with Crippen molar-refractivity contribution in [2.75, 3.05) is 33.7 Å². The van der Waals surface area contributed by atoms with E-state index in [1.54, 1.807) is 32.5 Å². The van der Waals surface area contributed by atoms with Crippen LogP contribution in [0, 0.1) is 5.82 Å². The van der Waals surface area contributed by atoms with Crippen LogP contribution in [0.2, 0.25) is 0 Å². The Morgan fingerprint density at radius 3 is 2.44 bits per heavy atom. The second kappa shape index (κ2) is 12.3. The summed E-state index contributed by atoms with van der Waals surface area (Å²) in [6.45, 7) is 1.15. The zero-order valence-electron chi connectivity index (χ0n) is 15.6. The molecule has 1 heterocycles. The number of amides is 1. The molecule has 148 valence electrons. The molecule has 2 N–H and O–H groups in total. The molecule has 0 spiro atoms. The summed E-state index contributed by atoms with van der Waals surface area (Å²) in [5, 5.41) is 6.31. The zero-order valence-corrected chi connectivity index (χ0v) is 17.9. The molecule has 8 heteroatoms. The Balaban J connectivity index is 0.00000364. The van der Waals surface area contributed by atoms with E-state index in [0.29, 0.717) is 37.5 Å². The number of hydrogen-bond donors (Lipinski definition) is 2. The number of nitrogens with one attached hydrogen (secondary N) is 2. The fraction of sp³-hybridized carbons (Fsp3) is 0.368. The first-order valence-electron chi connectivity index (χ1n) is 8.54. The van der Waals surface area contributed by atoms with Gasteiger partial charge in [0.2, 0.25) is 5.91 Å². The molecule has 0 bridgehead atoms. The Kier molecular flexibility index (Phi) is 10.5. The summed E-state index contributed by atoms with van der Waals surface area (Å²) in [7, 11) is 3.38. The van der Waals surface area contributed by atoms with Crippen molar-refractivity contribution >= 4 is 35.8 Å². The van der Waals surface area contributed by atoms with Crippen molar-refractivity contribution in [2.24, 2.45) is 4.99 Å². The van der Waals surface area contributed by atoms with E-state index in [2.05, 4.69) is 15.6 Å². The van der Waals surface area contributed by atoms with E-state index >= 15 is 0 Å². The van der Waals surface area contributed by atoms with Gasteiger partial charge in [-0.2, -0.15) is 0 Å². The Morgan fingerprint density at radius 1 is 1.11 bits per heavy atom. The predicted octanol–water partition coefficient (Wildman–Crippen LogP) is 2.45. The van der Waals surface area contributed by atoms with E-state index in [4.69, 9.17) is 4.42 Å². The Hall–Kier alpha value is -2.10. The van der Waals surface area contributed by atoms with Crippen molar-refractivity contribution in [1.29, 1.82) is 0 Å². The van der Waals surface area contributed by atoms with Crippen LogP contribution in [0.15, 0.2) is 52.1 Å². The number of rotatable bonds is 8.